The molecule has 34 heavy (non-hydrogen) atoms. The first-order chi connectivity index (χ1) is 16.4. The van der Waals surface area contributed by atoms with Gasteiger partial charge in [-0.25, -0.2) is 9.36 Å². The van der Waals surface area contributed by atoms with Crippen LogP contribution in [0.15, 0.2) is 40.1 Å². The number of ether oxygens (including phenoxy) is 3. The molecule has 0 amide bonds. The summed E-state index contributed by atoms with van der Waals surface area (Å²) in [6.07, 6.45) is -0.0836. The van der Waals surface area contributed by atoms with Gasteiger partial charge in [0.05, 0.1) is 25.5 Å². The summed E-state index contributed by atoms with van der Waals surface area (Å²) in [6, 6.07) is 6.51. The fourth-order valence-electron chi connectivity index (χ4n) is 4.02. The molecule has 12 heteroatoms. The lowest BCUT2D eigenvalue weighted by atomic mass is 10.1. The van der Waals surface area contributed by atoms with Crippen molar-refractivity contribution in [1.82, 2.24) is 14.5 Å². The van der Waals surface area contributed by atoms with Crippen molar-refractivity contribution >= 4 is 17.6 Å². The van der Waals surface area contributed by atoms with E-state index < -0.39 is 54.2 Å². The minimum absolute atomic E-state index is 0.127. The number of nitrogens with zero attached hydrogens (tertiary/aromatic N) is 2. The van der Waals surface area contributed by atoms with Gasteiger partial charge < -0.3 is 24.6 Å². The van der Waals surface area contributed by atoms with Crippen LogP contribution in [0.3, 0.4) is 0 Å². The molecule has 1 aromatic carbocycles. The minimum Gasteiger partial charge on any atom is -0.442 e. The largest absolute Gasteiger partial charge is 0.442 e. The molecule has 3 heterocycles. The molecule has 1 aromatic heterocycles. The molecule has 0 aliphatic carbocycles. The monoisotopic (exact) mass is 497 g/mol. The molecule has 10 nitrogen and oxygen atoms in total. The van der Waals surface area contributed by atoms with Crippen LogP contribution in [0.5, 0.6) is 0 Å². The summed E-state index contributed by atoms with van der Waals surface area (Å²) in [7, 11) is 0. The average Bonchev–Trinajstić information content (AvgIpc) is 3.51. The van der Waals surface area contributed by atoms with E-state index in [1.807, 2.05) is 0 Å². The molecule has 0 saturated carbocycles. The number of nitrogens with one attached hydrogen (secondary N) is 1. The van der Waals surface area contributed by atoms with Crippen LogP contribution in [0.1, 0.15) is 31.1 Å². The van der Waals surface area contributed by atoms with Crippen LogP contribution in [0.25, 0.3) is 0 Å². The lowest BCUT2D eigenvalue weighted by Crippen LogP contribution is -2.44. The van der Waals surface area contributed by atoms with Crippen LogP contribution in [-0.4, -0.2) is 51.6 Å². The first-order valence-corrected chi connectivity index (χ1v) is 11.3. The van der Waals surface area contributed by atoms with E-state index in [0.29, 0.717) is 22.6 Å². The number of benzene rings is 1. The van der Waals surface area contributed by atoms with Gasteiger partial charge in [0.25, 0.3) is 5.56 Å². The summed E-state index contributed by atoms with van der Waals surface area (Å²) in [4.78, 5) is 37.3. The molecule has 0 spiro atoms. The van der Waals surface area contributed by atoms with Gasteiger partial charge in [0, 0.05) is 11.4 Å². The summed E-state index contributed by atoms with van der Waals surface area (Å²) in [5.41, 5.74) is -1.26. The normalized spacial score (nSPS) is 24.4. The first-order valence-electron chi connectivity index (χ1n) is 10.9. The smallest absolute Gasteiger partial charge is 0.336 e. The molecule has 0 bridgehead atoms. The number of hydrogen-bond acceptors (Lipinski definition) is 8. The number of aromatic nitrogens is 2. The van der Waals surface area contributed by atoms with Crippen molar-refractivity contribution in [2.24, 2.45) is 0 Å². The van der Waals surface area contributed by atoms with Gasteiger partial charge in [-0.15, -0.1) is 0 Å². The number of aliphatic hydroxyl groups is 1. The zero-order valence-corrected chi connectivity index (χ0v) is 18.9. The molecule has 2 aliphatic rings. The molecular formula is C22H25ClFN3O7. The van der Waals surface area contributed by atoms with Crippen molar-refractivity contribution in [1.29, 1.82) is 0 Å². The number of halogens is 2. The highest BCUT2D eigenvalue weighted by Gasteiger charge is 2.38. The molecule has 184 valence electrons. The van der Waals surface area contributed by atoms with Gasteiger partial charge in [0.2, 0.25) is 5.82 Å². The molecular weight excluding hydrogens is 473 g/mol. The molecule has 0 radical (unpaired) electrons. The third kappa shape index (κ3) is 5.39. The molecule has 2 aliphatic heterocycles. The molecule has 4 atom stereocenters. The van der Waals surface area contributed by atoms with Gasteiger partial charge in [-0.2, -0.15) is 4.39 Å². The highest BCUT2D eigenvalue weighted by atomic mass is 35.5. The van der Waals surface area contributed by atoms with Crippen molar-refractivity contribution in [2.75, 3.05) is 13.2 Å². The molecule has 2 aromatic rings. The van der Waals surface area contributed by atoms with Gasteiger partial charge in [0.1, 0.15) is 18.4 Å². The Bertz CT molecular complexity index is 1130. The Morgan fingerprint density at radius 2 is 2.06 bits per heavy atom. The lowest BCUT2D eigenvalue weighted by Gasteiger charge is -2.17. The Morgan fingerprint density at radius 1 is 1.29 bits per heavy atom. The number of esters is 1. The van der Waals surface area contributed by atoms with Gasteiger partial charge in [0.15, 0.2) is 6.73 Å². The third-order valence-corrected chi connectivity index (χ3v) is 6.13. The van der Waals surface area contributed by atoms with Crippen LogP contribution >= 0.6 is 11.6 Å². The second-order valence-electron chi connectivity index (χ2n) is 8.16. The maximum atomic E-state index is 14.4. The average molecular weight is 498 g/mol. The van der Waals surface area contributed by atoms with Gasteiger partial charge >= 0.3 is 11.7 Å². The van der Waals surface area contributed by atoms with Crippen molar-refractivity contribution in [2.45, 2.75) is 57.1 Å². The fraction of sp³-hybridized carbons (Fsp3) is 0.500. The Kier molecular flexibility index (Phi) is 7.79. The third-order valence-electron chi connectivity index (χ3n) is 5.88. The number of hydrogen-bond donors (Lipinski definition) is 2. The number of aliphatic hydroxyl groups excluding tert-OH is 1. The maximum Gasteiger partial charge on any atom is 0.336 e. The van der Waals surface area contributed by atoms with E-state index in [0.717, 1.165) is 22.7 Å². The summed E-state index contributed by atoms with van der Waals surface area (Å²) in [6.45, 7) is -0.231. The minimum atomic E-state index is -1.21. The lowest BCUT2D eigenvalue weighted by molar-refractivity contribution is -0.150. The maximum absolute atomic E-state index is 14.4. The van der Waals surface area contributed by atoms with E-state index in [9.17, 15) is 23.9 Å². The van der Waals surface area contributed by atoms with Crippen molar-refractivity contribution in [3.8, 4) is 0 Å². The quantitative estimate of drug-likeness (QED) is 0.516. The second kappa shape index (κ2) is 10.8. The van der Waals surface area contributed by atoms with E-state index in [-0.39, 0.29) is 19.6 Å². The van der Waals surface area contributed by atoms with Crippen LogP contribution < -0.4 is 16.6 Å². The van der Waals surface area contributed by atoms with Gasteiger partial charge in [-0.05, 0) is 37.1 Å². The van der Waals surface area contributed by atoms with Crippen molar-refractivity contribution < 1.29 is 28.5 Å². The topological polar surface area (TPSA) is 121 Å². The highest BCUT2D eigenvalue weighted by Crippen LogP contribution is 2.30. The Labute approximate surface area is 198 Å². The first kappa shape index (κ1) is 24.6. The zero-order valence-electron chi connectivity index (χ0n) is 18.2. The van der Waals surface area contributed by atoms with Crippen LogP contribution in [0, 0.1) is 5.82 Å². The van der Waals surface area contributed by atoms with Gasteiger partial charge in [-0.1, -0.05) is 23.7 Å². The highest BCUT2D eigenvalue weighted by molar-refractivity contribution is 6.30. The van der Waals surface area contributed by atoms with E-state index >= 15 is 0 Å². The predicted octanol–water partition coefficient (Wildman–Crippen LogP) is 0.920. The predicted molar refractivity (Wildman–Crippen MR) is 118 cm³/mol. The zero-order chi connectivity index (χ0) is 24.2. The van der Waals surface area contributed by atoms with E-state index in [1.165, 1.54) is 0 Å². The van der Waals surface area contributed by atoms with E-state index in [4.69, 9.17) is 25.8 Å². The van der Waals surface area contributed by atoms with Gasteiger partial charge in [-0.3, -0.25) is 14.2 Å². The molecule has 4 rings (SSSR count). The molecule has 2 fully saturated rings. The molecule has 0 unspecified atom stereocenters. The summed E-state index contributed by atoms with van der Waals surface area (Å²) < 4.78 is 32.5. The Hall–Kier alpha value is -2.57. The molecule has 2 N–H and O–H groups in total. The SMILES string of the molecule is O=C(OCn1c(=O)c(F)cn([C@H]2C[C@H](OCc3ccc(Cl)cc3)[C@@H](CO)O2)c1=O)[C@@H]1CCCN1. The second-order valence-corrected chi connectivity index (χ2v) is 8.60. The Balaban J connectivity index is 1.48. The van der Waals surface area contributed by atoms with Crippen molar-refractivity contribution in [3.63, 3.8) is 0 Å². The Morgan fingerprint density at radius 3 is 2.74 bits per heavy atom. The number of rotatable bonds is 8. The van der Waals surface area contributed by atoms with Crippen LogP contribution in [0.2, 0.25) is 5.02 Å². The summed E-state index contributed by atoms with van der Waals surface area (Å²) >= 11 is 5.88. The standard InChI is InChI=1S/C22H25ClFN3O7/c23-14-5-3-13(4-6-14)11-32-17-8-19(34-18(17)10-28)26-9-15(24)20(29)27(22(26)31)12-33-21(30)16-2-1-7-25-16/h3-6,9,16-19,25,28H,1-2,7-8,10-12H2/t16-,17-,18+,19+/m0/s1. The van der Waals surface area contributed by atoms with Crippen LogP contribution in [-0.2, 0) is 32.3 Å². The number of carbonyl (C=O) groups is 1. The van der Waals surface area contributed by atoms with Crippen LogP contribution in [0.4, 0.5) is 4.39 Å². The van der Waals surface area contributed by atoms with E-state index in [1.54, 1.807) is 24.3 Å². The summed E-state index contributed by atoms with van der Waals surface area (Å²) in [5, 5.41) is 13.2. The molecule has 2 saturated heterocycles. The fourth-order valence-corrected chi connectivity index (χ4v) is 4.14. The summed E-state index contributed by atoms with van der Waals surface area (Å²) in [5.74, 6) is -1.82. The van der Waals surface area contributed by atoms with E-state index in [2.05, 4.69) is 5.32 Å². The number of carbonyl (C=O) groups excluding carboxylic acids is 1. The van der Waals surface area contributed by atoms with Crippen molar-refractivity contribution in [3.05, 3.63) is 67.7 Å².